The number of anilines is 1. The Labute approximate surface area is 221 Å². The first-order valence-electron chi connectivity index (χ1n) is 12.1. The van der Waals surface area contributed by atoms with Crippen molar-refractivity contribution in [2.45, 2.75) is 37.5 Å². The van der Waals surface area contributed by atoms with Gasteiger partial charge in [-0.05, 0) is 51.4 Å². The van der Waals surface area contributed by atoms with Gasteiger partial charge in [-0.15, -0.1) is 0 Å². The van der Waals surface area contributed by atoms with Crippen LogP contribution in [0, 0.1) is 23.7 Å². The van der Waals surface area contributed by atoms with Crippen molar-refractivity contribution in [3.63, 3.8) is 0 Å². The van der Waals surface area contributed by atoms with Crippen LogP contribution in [-0.4, -0.2) is 93.0 Å². The fourth-order valence-corrected chi connectivity index (χ4v) is 6.17. The normalized spacial score (nSPS) is 30.6. The van der Waals surface area contributed by atoms with E-state index < -0.39 is 88.1 Å². The number of aliphatic hydroxyl groups is 1. The Bertz CT molecular complexity index is 1340. The zero-order valence-corrected chi connectivity index (χ0v) is 21.3. The summed E-state index contributed by atoms with van der Waals surface area (Å²) in [7, 11) is 2.99. The lowest BCUT2D eigenvalue weighted by atomic mass is 9.52. The number of phenolic OH excluding ortho intramolecular Hbond substituents is 1. The second-order valence-electron chi connectivity index (χ2n) is 10.4. The summed E-state index contributed by atoms with van der Waals surface area (Å²) in [6, 6.07) is 0.385. The molecular weight excluding hydrogens is 516 g/mol. The second-order valence-corrected chi connectivity index (χ2v) is 10.4. The van der Waals surface area contributed by atoms with Crippen LogP contribution in [0.4, 0.5) is 10.5 Å². The molecule has 3 aliphatic carbocycles. The van der Waals surface area contributed by atoms with Gasteiger partial charge in [0.25, 0.3) is 0 Å². The van der Waals surface area contributed by atoms with Crippen molar-refractivity contribution in [1.29, 1.82) is 0 Å². The number of nitrogens with two attached hydrogens (primary N) is 1. The molecule has 0 spiro atoms. The van der Waals surface area contributed by atoms with E-state index in [9.17, 15) is 43.8 Å². The molecule has 7 N–H and O–H groups in total. The number of carbonyl (C=O) groups excluding carboxylic acids is 6. The highest BCUT2D eigenvalue weighted by molar-refractivity contribution is 6.32. The molecule has 5 unspecified atom stereocenters. The summed E-state index contributed by atoms with van der Waals surface area (Å²) >= 11 is 0. The van der Waals surface area contributed by atoms with Crippen LogP contribution in [-0.2, 0) is 30.4 Å². The molecule has 2 saturated carbocycles. The Morgan fingerprint density at radius 2 is 1.77 bits per heavy atom. The first kappa shape index (κ1) is 27.9. The maximum Gasteiger partial charge on any atom is 0.405 e. The first-order valence-corrected chi connectivity index (χ1v) is 12.1. The number of rotatable bonds is 5. The first-order chi connectivity index (χ1) is 18.1. The van der Waals surface area contributed by atoms with E-state index in [1.165, 1.54) is 38.1 Å². The molecule has 3 aliphatic rings. The van der Waals surface area contributed by atoms with Gasteiger partial charge >= 0.3 is 6.09 Å². The molecule has 14 nitrogen and oxygen atoms in total. The maximum atomic E-state index is 13.8. The zero-order chi connectivity index (χ0) is 29.1. The summed E-state index contributed by atoms with van der Waals surface area (Å²) < 4.78 is 0. The standard InChI is InChI=1S/C25H28N4O10/c1-8(27-24(37)38)23(36)28-12-5-4-9-6-10-7-11-16(29(2)3)19(32)15(22(26)35)21(34)25(11,39)20(33)14(10)18(31)13(9)17(12)30/h4-5,8,10-11,14-16,27,30,39H,6-7H2,1-3H3,(H2,26,35)(H,28,36)(H,37,38)/t8?,10?,11?,14?,15?,16-,25-/m0/s1. The Hall–Kier alpha value is -4.17. The lowest BCUT2D eigenvalue weighted by molar-refractivity contribution is -0.181. The third-order valence-corrected chi connectivity index (χ3v) is 7.93. The molecule has 208 valence electrons. The number of aromatic hydroxyl groups is 1. The number of carbonyl (C=O) groups is 7. The molecule has 0 aliphatic heterocycles. The van der Waals surface area contributed by atoms with Crippen molar-refractivity contribution < 1.29 is 48.9 Å². The number of hydrogen-bond donors (Lipinski definition) is 6. The molecule has 0 saturated heterocycles. The molecule has 0 bridgehead atoms. The van der Waals surface area contributed by atoms with Crippen LogP contribution in [0.1, 0.15) is 29.3 Å². The third kappa shape index (κ3) is 4.15. The van der Waals surface area contributed by atoms with E-state index in [4.69, 9.17) is 10.8 Å². The summed E-state index contributed by atoms with van der Waals surface area (Å²) in [5, 5.41) is 35.5. The van der Waals surface area contributed by atoms with Crippen molar-refractivity contribution in [2.24, 2.45) is 29.4 Å². The Balaban J connectivity index is 1.74. The molecule has 0 aromatic heterocycles. The predicted octanol–water partition coefficient (Wildman–Crippen LogP) is -1.54. The average molecular weight is 545 g/mol. The SMILES string of the molecule is CC(NC(=O)O)C(=O)Nc1ccc2c(c1O)C(=O)C1C(=O)[C@]3(O)C(=O)C(C(N)=O)C(=O)[C@@H](N(C)C)C3CC1C2. The minimum Gasteiger partial charge on any atom is -0.505 e. The van der Waals surface area contributed by atoms with Gasteiger partial charge in [-0.2, -0.15) is 0 Å². The summed E-state index contributed by atoms with van der Waals surface area (Å²) in [4.78, 5) is 90.3. The smallest absolute Gasteiger partial charge is 0.405 e. The van der Waals surface area contributed by atoms with Gasteiger partial charge in [0, 0.05) is 5.92 Å². The van der Waals surface area contributed by atoms with Crippen molar-refractivity contribution in [3.8, 4) is 5.75 Å². The van der Waals surface area contributed by atoms with E-state index in [0.717, 1.165) is 0 Å². The van der Waals surface area contributed by atoms with Crippen molar-refractivity contribution in [3.05, 3.63) is 23.3 Å². The monoisotopic (exact) mass is 544 g/mol. The lowest BCUT2D eigenvalue weighted by Crippen LogP contribution is -2.74. The van der Waals surface area contributed by atoms with Crippen LogP contribution in [0.2, 0.25) is 0 Å². The summed E-state index contributed by atoms with van der Waals surface area (Å²) in [5.74, 6) is -12.7. The molecule has 0 heterocycles. The van der Waals surface area contributed by atoms with Gasteiger partial charge in [0.1, 0.15) is 11.8 Å². The average Bonchev–Trinajstić information content (AvgIpc) is 2.82. The number of carboxylic acid groups (broad SMARTS) is 1. The fraction of sp³-hybridized carbons (Fsp3) is 0.480. The van der Waals surface area contributed by atoms with E-state index >= 15 is 0 Å². The van der Waals surface area contributed by atoms with Crippen molar-refractivity contribution in [1.82, 2.24) is 10.2 Å². The molecule has 7 atom stereocenters. The molecule has 3 amide bonds. The largest absolute Gasteiger partial charge is 0.505 e. The zero-order valence-electron chi connectivity index (χ0n) is 21.3. The minimum absolute atomic E-state index is 0.0740. The summed E-state index contributed by atoms with van der Waals surface area (Å²) in [6.45, 7) is 1.26. The van der Waals surface area contributed by atoms with Crippen molar-refractivity contribution >= 4 is 46.7 Å². The molecule has 2 fully saturated rings. The van der Waals surface area contributed by atoms with Gasteiger partial charge in [-0.1, -0.05) is 6.07 Å². The number of ketones is 4. The molecule has 0 radical (unpaired) electrons. The van der Waals surface area contributed by atoms with Gasteiger partial charge < -0.3 is 31.7 Å². The van der Waals surface area contributed by atoms with Gasteiger partial charge in [-0.3, -0.25) is 33.7 Å². The number of fused-ring (bicyclic) bond motifs is 3. The van der Waals surface area contributed by atoms with Crippen LogP contribution in [0.5, 0.6) is 5.75 Å². The highest BCUT2D eigenvalue weighted by atomic mass is 16.4. The molecule has 1 aromatic carbocycles. The topological polar surface area (TPSA) is 234 Å². The molecular formula is C25H28N4O10. The number of primary amides is 1. The highest BCUT2D eigenvalue weighted by Gasteiger charge is 2.69. The van der Waals surface area contributed by atoms with Gasteiger partial charge in [0.2, 0.25) is 11.8 Å². The summed E-state index contributed by atoms with van der Waals surface area (Å²) in [6.07, 6.45) is -1.46. The van der Waals surface area contributed by atoms with E-state index in [0.29, 0.717) is 5.56 Å². The van der Waals surface area contributed by atoms with Crippen LogP contribution in [0.25, 0.3) is 0 Å². The van der Waals surface area contributed by atoms with Crippen LogP contribution in [0.15, 0.2) is 12.1 Å². The van der Waals surface area contributed by atoms with E-state index in [1.54, 1.807) is 0 Å². The molecule has 4 rings (SSSR count). The maximum absolute atomic E-state index is 13.8. The lowest BCUT2D eigenvalue weighted by Gasteiger charge is -2.52. The number of likely N-dealkylation sites (N-methyl/N-ethyl adjacent to an activating group) is 1. The number of benzene rings is 1. The van der Waals surface area contributed by atoms with Crippen LogP contribution >= 0.6 is 0 Å². The quantitative estimate of drug-likeness (QED) is 0.184. The number of hydrogen-bond acceptors (Lipinski definition) is 10. The minimum atomic E-state index is -2.84. The van der Waals surface area contributed by atoms with Gasteiger partial charge in [0.15, 0.2) is 34.7 Å². The Morgan fingerprint density at radius 1 is 1.13 bits per heavy atom. The van der Waals surface area contributed by atoms with Gasteiger partial charge in [0.05, 0.1) is 23.2 Å². The van der Waals surface area contributed by atoms with Gasteiger partial charge in [-0.25, -0.2) is 4.79 Å². The number of phenols is 1. The fourth-order valence-electron chi connectivity index (χ4n) is 6.17. The Kier molecular flexibility index (Phi) is 6.81. The molecule has 14 heteroatoms. The number of nitrogens with zero attached hydrogens (tertiary/aromatic N) is 1. The van der Waals surface area contributed by atoms with Crippen molar-refractivity contribution in [2.75, 3.05) is 19.4 Å². The third-order valence-electron chi connectivity index (χ3n) is 7.93. The van der Waals surface area contributed by atoms with E-state index in [-0.39, 0.29) is 24.1 Å². The predicted molar refractivity (Wildman–Crippen MR) is 131 cm³/mol. The van der Waals surface area contributed by atoms with E-state index in [2.05, 4.69) is 5.32 Å². The second kappa shape index (κ2) is 9.54. The van der Waals surface area contributed by atoms with E-state index in [1.807, 2.05) is 5.32 Å². The number of nitrogens with one attached hydrogen (secondary N) is 2. The van der Waals surface area contributed by atoms with Crippen LogP contribution < -0.4 is 16.4 Å². The highest BCUT2D eigenvalue weighted by Crippen LogP contribution is 2.51. The number of amides is 3. The number of Topliss-reactive ketones (excluding diaryl/α,β-unsaturated/α-hetero) is 4. The Morgan fingerprint density at radius 3 is 2.33 bits per heavy atom. The molecule has 39 heavy (non-hydrogen) atoms. The van der Waals surface area contributed by atoms with Crippen LogP contribution in [0.3, 0.4) is 0 Å². The summed E-state index contributed by atoms with van der Waals surface area (Å²) in [5.41, 5.74) is 2.29. The molecule has 1 aromatic rings.